The second kappa shape index (κ2) is 4.39. The predicted octanol–water partition coefficient (Wildman–Crippen LogP) is 3.10. The Morgan fingerprint density at radius 3 is 3.06 bits per heavy atom. The molecular weight excluding hydrogens is 244 g/mol. The van der Waals surface area contributed by atoms with Gasteiger partial charge in [-0.2, -0.15) is 5.10 Å². The molecule has 3 rings (SSSR count). The average molecular weight is 262 g/mol. The molecule has 0 fully saturated rings. The fraction of sp³-hybridized carbons (Fsp3) is 0.538. The summed E-state index contributed by atoms with van der Waals surface area (Å²) in [7, 11) is 1.98. The third-order valence-electron chi connectivity index (χ3n) is 3.74. The second-order valence-electron chi connectivity index (χ2n) is 5.10. The maximum absolute atomic E-state index is 5.44. The fourth-order valence-electron chi connectivity index (χ4n) is 2.82. The maximum Gasteiger partial charge on any atom is 0.179 e. The zero-order valence-electron chi connectivity index (χ0n) is 10.8. The van der Waals surface area contributed by atoms with Gasteiger partial charge in [-0.05, 0) is 44.3 Å². The number of rotatable bonds is 2. The van der Waals surface area contributed by atoms with E-state index >= 15 is 0 Å². The molecule has 1 N–H and O–H groups in total. The first-order valence-electron chi connectivity index (χ1n) is 6.44. The Labute approximate surface area is 111 Å². The van der Waals surface area contributed by atoms with Crippen molar-refractivity contribution in [3.8, 4) is 0 Å². The molecule has 1 aliphatic rings. The van der Waals surface area contributed by atoms with Crippen molar-refractivity contribution in [2.75, 3.05) is 0 Å². The highest BCUT2D eigenvalue weighted by Crippen LogP contribution is 2.23. The topological polar surface area (TPSA) is 38.5 Å². The van der Waals surface area contributed by atoms with Crippen LogP contribution in [-0.2, 0) is 13.6 Å². The molecule has 5 heteroatoms. The Morgan fingerprint density at radius 1 is 1.50 bits per heavy atom. The van der Waals surface area contributed by atoms with Gasteiger partial charge < -0.3 is 9.55 Å². The van der Waals surface area contributed by atoms with Gasteiger partial charge in [0.05, 0.1) is 5.69 Å². The molecule has 0 spiro atoms. The van der Waals surface area contributed by atoms with Crippen LogP contribution in [0.2, 0.25) is 0 Å². The molecule has 1 aliphatic carbocycles. The molecule has 2 heterocycles. The van der Waals surface area contributed by atoms with Crippen molar-refractivity contribution in [3.05, 3.63) is 22.6 Å². The SMILES string of the molecule is Cc1nn(C)c2c1[nH]c(=S)n2CC1CC=CCC1. The van der Waals surface area contributed by atoms with Crippen LogP contribution in [-0.4, -0.2) is 19.3 Å². The van der Waals surface area contributed by atoms with E-state index in [1.165, 1.54) is 12.8 Å². The lowest BCUT2D eigenvalue weighted by atomic mass is 9.94. The number of allylic oxidation sites excluding steroid dienone is 2. The van der Waals surface area contributed by atoms with Crippen molar-refractivity contribution in [2.45, 2.75) is 32.7 Å². The predicted molar refractivity (Wildman–Crippen MR) is 75.1 cm³/mol. The van der Waals surface area contributed by atoms with E-state index in [-0.39, 0.29) is 0 Å². The summed E-state index contributed by atoms with van der Waals surface area (Å²) in [6.07, 6.45) is 8.16. The molecule has 1 unspecified atom stereocenters. The van der Waals surface area contributed by atoms with E-state index < -0.39 is 0 Å². The fourth-order valence-corrected chi connectivity index (χ4v) is 3.09. The monoisotopic (exact) mass is 262 g/mol. The van der Waals surface area contributed by atoms with Crippen molar-refractivity contribution in [3.63, 3.8) is 0 Å². The molecule has 0 aliphatic heterocycles. The molecule has 1 atom stereocenters. The van der Waals surface area contributed by atoms with Crippen molar-refractivity contribution < 1.29 is 0 Å². The van der Waals surface area contributed by atoms with Gasteiger partial charge in [-0.15, -0.1) is 0 Å². The molecule has 4 nitrogen and oxygen atoms in total. The minimum atomic E-state index is 0.691. The van der Waals surface area contributed by atoms with E-state index in [0.29, 0.717) is 5.92 Å². The van der Waals surface area contributed by atoms with Crippen LogP contribution < -0.4 is 0 Å². The number of imidazole rings is 1. The van der Waals surface area contributed by atoms with Gasteiger partial charge in [-0.1, -0.05) is 12.2 Å². The van der Waals surface area contributed by atoms with Gasteiger partial charge in [0.2, 0.25) is 0 Å². The van der Waals surface area contributed by atoms with Crippen LogP contribution >= 0.6 is 12.2 Å². The van der Waals surface area contributed by atoms with E-state index in [9.17, 15) is 0 Å². The summed E-state index contributed by atoms with van der Waals surface area (Å²) in [5, 5.41) is 4.45. The number of fused-ring (bicyclic) bond motifs is 1. The summed E-state index contributed by atoms with van der Waals surface area (Å²) >= 11 is 5.44. The normalized spacial score (nSPS) is 19.8. The lowest BCUT2D eigenvalue weighted by molar-refractivity contribution is 0.410. The van der Waals surface area contributed by atoms with Crippen molar-refractivity contribution in [2.24, 2.45) is 13.0 Å². The highest BCUT2D eigenvalue weighted by atomic mass is 32.1. The summed E-state index contributed by atoms with van der Waals surface area (Å²) in [4.78, 5) is 3.28. The molecular formula is C13H18N4S. The third-order valence-corrected chi connectivity index (χ3v) is 4.07. The number of nitrogens with zero attached hydrogens (tertiary/aromatic N) is 3. The van der Waals surface area contributed by atoms with E-state index in [4.69, 9.17) is 12.2 Å². The largest absolute Gasteiger partial charge is 0.328 e. The molecule has 0 radical (unpaired) electrons. The summed E-state index contributed by atoms with van der Waals surface area (Å²) in [5.41, 5.74) is 3.21. The Bertz CT molecular complexity index is 658. The number of nitrogens with one attached hydrogen (secondary N) is 1. The zero-order valence-corrected chi connectivity index (χ0v) is 11.6. The quantitative estimate of drug-likeness (QED) is 0.667. The number of aromatic amines is 1. The molecule has 0 saturated carbocycles. The van der Waals surface area contributed by atoms with Gasteiger partial charge >= 0.3 is 0 Å². The highest BCUT2D eigenvalue weighted by molar-refractivity contribution is 7.71. The number of H-pyrrole nitrogens is 1. The molecule has 0 amide bonds. The summed E-state index contributed by atoms with van der Waals surface area (Å²) in [5.74, 6) is 0.691. The molecule has 0 saturated heterocycles. The lowest BCUT2D eigenvalue weighted by Gasteiger charge is -2.18. The highest BCUT2D eigenvalue weighted by Gasteiger charge is 2.16. The van der Waals surface area contributed by atoms with Crippen LogP contribution in [0.3, 0.4) is 0 Å². The Kier molecular flexibility index (Phi) is 2.86. The van der Waals surface area contributed by atoms with Crippen LogP contribution in [0.25, 0.3) is 11.2 Å². The first-order valence-corrected chi connectivity index (χ1v) is 6.84. The average Bonchev–Trinajstić information content (AvgIpc) is 2.81. The first-order chi connectivity index (χ1) is 8.66. The minimum absolute atomic E-state index is 0.691. The van der Waals surface area contributed by atoms with Crippen LogP contribution in [0.15, 0.2) is 12.2 Å². The smallest absolute Gasteiger partial charge is 0.179 e. The first kappa shape index (κ1) is 11.7. The molecule has 96 valence electrons. The third kappa shape index (κ3) is 1.82. The second-order valence-corrected chi connectivity index (χ2v) is 5.49. The molecule has 2 aromatic heterocycles. The lowest BCUT2D eigenvalue weighted by Crippen LogP contribution is -2.13. The number of aromatic nitrogens is 4. The molecule has 0 aromatic carbocycles. The van der Waals surface area contributed by atoms with Gasteiger partial charge in [0, 0.05) is 13.6 Å². The summed E-state index contributed by atoms with van der Waals surface area (Å²) in [6, 6.07) is 0. The van der Waals surface area contributed by atoms with Crippen LogP contribution in [0.4, 0.5) is 0 Å². The van der Waals surface area contributed by atoms with Gasteiger partial charge in [0.15, 0.2) is 10.4 Å². The van der Waals surface area contributed by atoms with E-state index in [0.717, 1.165) is 34.6 Å². The molecule has 2 aromatic rings. The Morgan fingerprint density at radius 2 is 2.33 bits per heavy atom. The van der Waals surface area contributed by atoms with Gasteiger partial charge in [-0.25, -0.2) is 0 Å². The van der Waals surface area contributed by atoms with Crippen LogP contribution in [0, 0.1) is 17.6 Å². The van der Waals surface area contributed by atoms with Crippen molar-refractivity contribution in [1.82, 2.24) is 19.3 Å². The minimum Gasteiger partial charge on any atom is -0.328 e. The van der Waals surface area contributed by atoms with Gasteiger partial charge in [-0.3, -0.25) is 4.68 Å². The molecule has 18 heavy (non-hydrogen) atoms. The summed E-state index contributed by atoms with van der Waals surface area (Å²) in [6.45, 7) is 3.00. The van der Waals surface area contributed by atoms with Crippen molar-refractivity contribution in [1.29, 1.82) is 0 Å². The van der Waals surface area contributed by atoms with Crippen LogP contribution in [0.1, 0.15) is 25.0 Å². The number of hydrogen-bond acceptors (Lipinski definition) is 2. The van der Waals surface area contributed by atoms with Gasteiger partial charge in [0.1, 0.15) is 5.52 Å². The van der Waals surface area contributed by atoms with E-state index in [1.54, 1.807) is 0 Å². The summed E-state index contributed by atoms with van der Waals surface area (Å²) < 4.78 is 4.94. The Hall–Kier alpha value is -1.36. The van der Waals surface area contributed by atoms with E-state index in [1.807, 2.05) is 18.7 Å². The van der Waals surface area contributed by atoms with E-state index in [2.05, 4.69) is 26.8 Å². The van der Waals surface area contributed by atoms with Gasteiger partial charge in [0.25, 0.3) is 0 Å². The van der Waals surface area contributed by atoms with Crippen molar-refractivity contribution >= 4 is 23.4 Å². The zero-order chi connectivity index (χ0) is 12.7. The van der Waals surface area contributed by atoms with Crippen LogP contribution in [0.5, 0.6) is 0 Å². The maximum atomic E-state index is 5.44. The number of hydrogen-bond donors (Lipinski definition) is 1. The molecule has 0 bridgehead atoms. The standard InChI is InChI=1S/C13H18N4S/c1-9-11-12(16(2)15-9)17(13(18)14-11)8-10-6-4-3-5-7-10/h3-4,10H,5-8H2,1-2H3,(H,14,18). The number of aryl methyl sites for hydroxylation is 2. The Balaban J connectivity index is 2.02.